The van der Waals surface area contributed by atoms with Crippen LogP contribution in [0.15, 0.2) is 36.5 Å². The van der Waals surface area contributed by atoms with Gasteiger partial charge in [0.2, 0.25) is 0 Å². The number of nitrogens with two attached hydrogens (primary N) is 1. The molecule has 1 heterocycles. The van der Waals surface area contributed by atoms with Gasteiger partial charge < -0.3 is 15.2 Å². The highest BCUT2D eigenvalue weighted by molar-refractivity contribution is 5.91. The van der Waals surface area contributed by atoms with E-state index in [1.54, 1.807) is 32.5 Å². The van der Waals surface area contributed by atoms with Crippen LogP contribution in [0, 0.1) is 0 Å². The first-order chi connectivity index (χ1) is 9.15. The lowest BCUT2D eigenvalue weighted by Crippen LogP contribution is -2.12. The molecule has 1 aromatic carbocycles. The van der Waals surface area contributed by atoms with E-state index in [9.17, 15) is 4.79 Å². The van der Waals surface area contributed by atoms with Gasteiger partial charge in [-0.1, -0.05) is 12.1 Å². The summed E-state index contributed by atoms with van der Waals surface area (Å²) >= 11 is 0. The summed E-state index contributed by atoms with van der Waals surface area (Å²) in [5, 5.41) is 0. The van der Waals surface area contributed by atoms with Crippen LogP contribution in [0.2, 0.25) is 0 Å². The predicted molar refractivity (Wildman–Crippen MR) is 71.3 cm³/mol. The molecule has 0 aliphatic carbocycles. The maximum atomic E-state index is 11.0. The number of carbonyl (C=O) groups is 1. The summed E-state index contributed by atoms with van der Waals surface area (Å²) in [6.45, 7) is 0. The van der Waals surface area contributed by atoms with Crippen LogP contribution in [0.4, 0.5) is 0 Å². The number of rotatable bonds is 4. The molecule has 0 bridgehead atoms. The SMILES string of the molecule is COc1ccc(-c2ccc(C(N)=O)nc2)cc1OC. The van der Waals surface area contributed by atoms with Crippen molar-refractivity contribution in [2.45, 2.75) is 0 Å². The predicted octanol–water partition coefficient (Wildman–Crippen LogP) is 1.86. The molecule has 0 atom stereocenters. The van der Waals surface area contributed by atoms with Gasteiger partial charge in [0, 0.05) is 11.8 Å². The summed E-state index contributed by atoms with van der Waals surface area (Å²) in [6.07, 6.45) is 1.60. The van der Waals surface area contributed by atoms with E-state index in [2.05, 4.69) is 4.98 Å². The van der Waals surface area contributed by atoms with Gasteiger partial charge in [-0.25, -0.2) is 0 Å². The second kappa shape index (κ2) is 5.39. The zero-order valence-corrected chi connectivity index (χ0v) is 10.7. The van der Waals surface area contributed by atoms with Crippen molar-refractivity contribution >= 4 is 5.91 Å². The van der Waals surface area contributed by atoms with Crippen molar-refractivity contribution in [2.75, 3.05) is 14.2 Å². The van der Waals surface area contributed by atoms with Crippen LogP contribution in [-0.2, 0) is 0 Å². The normalized spacial score (nSPS) is 10.0. The number of amides is 1. The van der Waals surface area contributed by atoms with Crippen LogP contribution < -0.4 is 15.2 Å². The van der Waals surface area contributed by atoms with E-state index >= 15 is 0 Å². The van der Waals surface area contributed by atoms with E-state index in [-0.39, 0.29) is 5.69 Å². The molecule has 2 aromatic rings. The van der Waals surface area contributed by atoms with Gasteiger partial charge in [0.05, 0.1) is 14.2 Å². The fraction of sp³-hybridized carbons (Fsp3) is 0.143. The Morgan fingerprint density at radius 1 is 1.05 bits per heavy atom. The maximum absolute atomic E-state index is 11.0. The Morgan fingerprint density at radius 2 is 1.74 bits per heavy atom. The van der Waals surface area contributed by atoms with Gasteiger partial charge in [-0.15, -0.1) is 0 Å². The summed E-state index contributed by atoms with van der Waals surface area (Å²) < 4.78 is 10.4. The van der Waals surface area contributed by atoms with E-state index in [0.717, 1.165) is 11.1 Å². The molecule has 0 saturated carbocycles. The molecule has 0 aliphatic rings. The Balaban J connectivity index is 2.38. The Bertz CT molecular complexity index is 594. The number of benzene rings is 1. The van der Waals surface area contributed by atoms with Crippen molar-refractivity contribution < 1.29 is 14.3 Å². The summed E-state index contributed by atoms with van der Waals surface area (Å²) in [4.78, 5) is 15.0. The largest absolute Gasteiger partial charge is 0.493 e. The van der Waals surface area contributed by atoms with Crippen LogP contribution in [-0.4, -0.2) is 25.1 Å². The molecule has 0 spiro atoms. The second-order valence-electron chi connectivity index (χ2n) is 3.87. The number of hydrogen-bond acceptors (Lipinski definition) is 4. The molecule has 0 aliphatic heterocycles. The van der Waals surface area contributed by atoms with Crippen molar-refractivity contribution in [2.24, 2.45) is 5.73 Å². The summed E-state index contributed by atoms with van der Waals surface area (Å²) in [5.41, 5.74) is 7.17. The van der Waals surface area contributed by atoms with Crippen LogP contribution in [0.3, 0.4) is 0 Å². The number of aromatic nitrogens is 1. The molecular formula is C14H14N2O3. The first kappa shape index (κ1) is 12.9. The molecule has 5 heteroatoms. The standard InChI is InChI=1S/C14H14N2O3/c1-18-12-6-4-9(7-13(12)19-2)10-3-5-11(14(15)17)16-8-10/h3-8H,1-2H3,(H2,15,17). The van der Waals surface area contributed by atoms with Gasteiger partial charge >= 0.3 is 0 Å². The number of ether oxygens (including phenoxy) is 2. The van der Waals surface area contributed by atoms with Gasteiger partial charge in [0.25, 0.3) is 5.91 Å². The molecule has 0 fully saturated rings. The van der Waals surface area contributed by atoms with Crippen LogP contribution in [0.25, 0.3) is 11.1 Å². The first-order valence-corrected chi connectivity index (χ1v) is 5.64. The zero-order valence-electron chi connectivity index (χ0n) is 10.7. The number of carbonyl (C=O) groups excluding carboxylic acids is 1. The molecule has 1 amide bonds. The fourth-order valence-electron chi connectivity index (χ4n) is 1.73. The van der Waals surface area contributed by atoms with Gasteiger partial charge in [-0.05, 0) is 23.8 Å². The lowest BCUT2D eigenvalue weighted by Gasteiger charge is -2.09. The van der Waals surface area contributed by atoms with Crippen molar-refractivity contribution in [3.05, 3.63) is 42.2 Å². The highest BCUT2D eigenvalue weighted by Gasteiger charge is 2.07. The summed E-state index contributed by atoms with van der Waals surface area (Å²) in [7, 11) is 3.16. The van der Waals surface area contributed by atoms with Crippen molar-refractivity contribution in [1.29, 1.82) is 0 Å². The number of nitrogens with zero attached hydrogens (tertiary/aromatic N) is 1. The molecule has 98 valence electrons. The average molecular weight is 258 g/mol. The summed E-state index contributed by atoms with van der Waals surface area (Å²) in [5.74, 6) is 0.755. The van der Waals surface area contributed by atoms with Gasteiger partial charge in [0.15, 0.2) is 11.5 Å². The Labute approximate surface area is 111 Å². The number of pyridine rings is 1. The fourth-order valence-corrected chi connectivity index (χ4v) is 1.73. The lowest BCUT2D eigenvalue weighted by atomic mass is 10.1. The third-order valence-electron chi connectivity index (χ3n) is 2.73. The minimum absolute atomic E-state index is 0.240. The van der Waals surface area contributed by atoms with Crippen molar-refractivity contribution in [1.82, 2.24) is 4.98 Å². The van der Waals surface area contributed by atoms with Crippen LogP contribution in [0.1, 0.15) is 10.5 Å². The number of hydrogen-bond donors (Lipinski definition) is 1. The third kappa shape index (κ3) is 2.65. The first-order valence-electron chi connectivity index (χ1n) is 5.64. The molecule has 0 saturated heterocycles. The molecule has 0 unspecified atom stereocenters. The highest BCUT2D eigenvalue weighted by Crippen LogP contribution is 2.31. The Kier molecular flexibility index (Phi) is 3.66. The number of methoxy groups -OCH3 is 2. The van der Waals surface area contributed by atoms with Gasteiger partial charge in [0.1, 0.15) is 5.69 Å². The smallest absolute Gasteiger partial charge is 0.267 e. The van der Waals surface area contributed by atoms with E-state index in [1.165, 1.54) is 0 Å². The molecular weight excluding hydrogens is 244 g/mol. The maximum Gasteiger partial charge on any atom is 0.267 e. The summed E-state index contributed by atoms with van der Waals surface area (Å²) in [6, 6.07) is 8.93. The van der Waals surface area contributed by atoms with E-state index in [4.69, 9.17) is 15.2 Å². The third-order valence-corrected chi connectivity index (χ3v) is 2.73. The Hall–Kier alpha value is -2.56. The monoisotopic (exact) mass is 258 g/mol. The van der Waals surface area contributed by atoms with Crippen LogP contribution in [0.5, 0.6) is 11.5 Å². The Morgan fingerprint density at radius 3 is 2.26 bits per heavy atom. The van der Waals surface area contributed by atoms with E-state index < -0.39 is 5.91 Å². The molecule has 0 radical (unpaired) electrons. The number of primary amides is 1. The molecule has 1 aromatic heterocycles. The molecule has 5 nitrogen and oxygen atoms in total. The minimum Gasteiger partial charge on any atom is -0.493 e. The molecule has 2 N–H and O–H groups in total. The second-order valence-corrected chi connectivity index (χ2v) is 3.87. The zero-order chi connectivity index (χ0) is 13.8. The molecule has 19 heavy (non-hydrogen) atoms. The lowest BCUT2D eigenvalue weighted by molar-refractivity contribution is 0.0995. The van der Waals surface area contributed by atoms with Gasteiger partial charge in [-0.2, -0.15) is 0 Å². The average Bonchev–Trinajstić information content (AvgIpc) is 2.46. The minimum atomic E-state index is -0.543. The topological polar surface area (TPSA) is 74.4 Å². The quantitative estimate of drug-likeness (QED) is 0.908. The molecule has 2 rings (SSSR count). The van der Waals surface area contributed by atoms with E-state index in [1.807, 2.05) is 18.2 Å². The van der Waals surface area contributed by atoms with Crippen molar-refractivity contribution in [3.8, 4) is 22.6 Å². The van der Waals surface area contributed by atoms with Crippen LogP contribution >= 0.6 is 0 Å². The van der Waals surface area contributed by atoms with Crippen molar-refractivity contribution in [3.63, 3.8) is 0 Å². The van der Waals surface area contributed by atoms with Gasteiger partial charge in [-0.3, -0.25) is 9.78 Å². The van der Waals surface area contributed by atoms with E-state index in [0.29, 0.717) is 11.5 Å². The highest BCUT2D eigenvalue weighted by atomic mass is 16.5.